The number of carbonyl (C=O) groups excluding carboxylic acids is 1. The number of amides is 2. The van der Waals surface area contributed by atoms with Crippen LogP contribution in [0.25, 0.3) is 0 Å². The molecule has 1 aliphatic heterocycles. The molecule has 1 aromatic rings. The van der Waals surface area contributed by atoms with Gasteiger partial charge in [0.2, 0.25) is 0 Å². The van der Waals surface area contributed by atoms with E-state index in [9.17, 15) is 4.79 Å². The molecule has 1 N–H and O–H groups in total. The molecule has 0 aromatic heterocycles. The van der Waals surface area contributed by atoms with Crippen LogP contribution < -0.4 is 10.1 Å². The predicted molar refractivity (Wildman–Crippen MR) is 83.6 cm³/mol. The molecule has 0 saturated carbocycles. The lowest BCUT2D eigenvalue weighted by atomic mass is 10.1. The zero-order valence-corrected chi connectivity index (χ0v) is 13.1. The van der Waals surface area contributed by atoms with Crippen LogP contribution in [0.5, 0.6) is 5.75 Å². The number of piperazine rings is 1. The van der Waals surface area contributed by atoms with Gasteiger partial charge in [0.1, 0.15) is 5.75 Å². The first-order valence-corrected chi connectivity index (χ1v) is 7.56. The first kappa shape index (κ1) is 15.6. The molecule has 0 spiro atoms. The van der Waals surface area contributed by atoms with E-state index in [-0.39, 0.29) is 6.03 Å². The largest absolute Gasteiger partial charge is 0.497 e. The van der Waals surface area contributed by atoms with Gasteiger partial charge in [-0.05, 0) is 31.5 Å². The smallest absolute Gasteiger partial charge is 0.317 e. The molecule has 1 atom stereocenters. The molecule has 2 rings (SSSR count). The summed E-state index contributed by atoms with van der Waals surface area (Å²) in [5.74, 6) is 0.889. The zero-order chi connectivity index (χ0) is 15.2. The highest BCUT2D eigenvalue weighted by Gasteiger charge is 2.24. The molecule has 21 heavy (non-hydrogen) atoms. The van der Waals surface area contributed by atoms with Crippen molar-refractivity contribution in [2.75, 3.05) is 39.8 Å². The average Bonchev–Trinajstić information content (AvgIpc) is 2.54. The Morgan fingerprint density at radius 3 is 2.67 bits per heavy atom. The van der Waals surface area contributed by atoms with Crippen molar-refractivity contribution in [3.8, 4) is 5.75 Å². The molecule has 2 amide bonds. The molecule has 0 aliphatic carbocycles. The number of hydrogen-bond donors (Lipinski definition) is 1. The van der Waals surface area contributed by atoms with Crippen molar-refractivity contribution in [2.45, 2.75) is 19.9 Å². The molecule has 0 unspecified atom stereocenters. The van der Waals surface area contributed by atoms with Crippen LogP contribution in [0, 0.1) is 0 Å². The normalized spacial score (nSPS) is 17.4. The van der Waals surface area contributed by atoms with E-state index in [0.29, 0.717) is 12.6 Å². The van der Waals surface area contributed by atoms with E-state index >= 15 is 0 Å². The Morgan fingerprint density at radius 2 is 2.05 bits per heavy atom. The lowest BCUT2D eigenvalue weighted by molar-refractivity contribution is 0.114. The average molecular weight is 291 g/mol. The topological polar surface area (TPSA) is 44.8 Å². The van der Waals surface area contributed by atoms with Crippen molar-refractivity contribution in [1.29, 1.82) is 0 Å². The molecule has 5 heteroatoms. The Morgan fingerprint density at radius 1 is 1.33 bits per heavy atom. The van der Waals surface area contributed by atoms with Crippen LogP contribution in [0.1, 0.15) is 25.5 Å². The maximum atomic E-state index is 11.8. The number of ether oxygens (including phenoxy) is 1. The van der Waals surface area contributed by atoms with Gasteiger partial charge in [0.05, 0.1) is 7.11 Å². The summed E-state index contributed by atoms with van der Waals surface area (Å²) >= 11 is 0. The number of nitrogens with one attached hydrogen (secondary N) is 1. The van der Waals surface area contributed by atoms with Crippen LogP contribution in [-0.4, -0.2) is 55.7 Å². The fraction of sp³-hybridized carbons (Fsp3) is 0.562. The van der Waals surface area contributed by atoms with Crippen LogP contribution >= 0.6 is 0 Å². The van der Waals surface area contributed by atoms with E-state index in [1.165, 1.54) is 5.56 Å². The maximum Gasteiger partial charge on any atom is 0.317 e. The van der Waals surface area contributed by atoms with Gasteiger partial charge in [-0.3, -0.25) is 4.90 Å². The highest BCUT2D eigenvalue weighted by molar-refractivity contribution is 5.74. The van der Waals surface area contributed by atoms with Gasteiger partial charge in [0.15, 0.2) is 0 Å². The van der Waals surface area contributed by atoms with Crippen LogP contribution in [0.15, 0.2) is 24.3 Å². The van der Waals surface area contributed by atoms with Crippen molar-refractivity contribution in [1.82, 2.24) is 15.1 Å². The van der Waals surface area contributed by atoms with Crippen molar-refractivity contribution in [3.05, 3.63) is 29.8 Å². The monoisotopic (exact) mass is 291 g/mol. The Hall–Kier alpha value is -1.75. The SMILES string of the molecule is CCNC(=O)N1CCN([C@@H](C)c2cccc(OC)c2)CC1. The molecule has 1 saturated heterocycles. The fourth-order valence-corrected chi connectivity index (χ4v) is 2.69. The van der Waals surface area contributed by atoms with E-state index in [4.69, 9.17) is 4.74 Å². The van der Waals surface area contributed by atoms with Gasteiger partial charge in [-0.15, -0.1) is 0 Å². The second-order valence-electron chi connectivity index (χ2n) is 5.31. The lowest BCUT2D eigenvalue weighted by Crippen LogP contribution is -2.52. The van der Waals surface area contributed by atoms with Crippen LogP contribution in [0.4, 0.5) is 4.79 Å². The third kappa shape index (κ3) is 3.88. The van der Waals surface area contributed by atoms with E-state index in [1.54, 1.807) is 7.11 Å². The van der Waals surface area contributed by atoms with Gasteiger partial charge in [-0.2, -0.15) is 0 Å². The first-order valence-electron chi connectivity index (χ1n) is 7.56. The summed E-state index contributed by atoms with van der Waals surface area (Å²) in [7, 11) is 1.69. The molecule has 1 fully saturated rings. The first-order chi connectivity index (χ1) is 10.2. The number of methoxy groups -OCH3 is 1. The Labute approximate surface area is 126 Å². The van der Waals surface area contributed by atoms with Gasteiger partial charge in [0, 0.05) is 38.8 Å². The minimum absolute atomic E-state index is 0.0474. The number of hydrogen-bond acceptors (Lipinski definition) is 3. The summed E-state index contributed by atoms with van der Waals surface area (Å²) in [6.07, 6.45) is 0. The number of carbonyl (C=O) groups is 1. The number of rotatable bonds is 4. The van der Waals surface area contributed by atoms with Crippen molar-refractivity contribution in [3.63, 3.8) is 0 Å². The molecule has 116 valence electrons. The number of benzene rings is 1. The van der Waals surface area contributed by atoms with Gasteiger partial charge >= 0.3 is 6.03 Å². The minimum Gasteiger partial charge on any atom is -0.497 e. The predicted octanol–water partition coefficient (Wildman–Crippen LogP) is 2.10. The van der Waals surface area contributed by atoms with E-state index in [0.717, 1.165) is 31.9 Å². The summed E-state index contributed by atoms with van der Waals surface area (Å²) in [5.41, 5.74) is 1.25. The molecule has 0 radical (unpaired) electrons. The van der Waals surface area contributed by atoms with E-state index in [1.807, 2.05) is 24.0 Å². The van der Waals surface area contributed by atoms with E-state index in [2.05, 4.69) is 29.3 Å². The molecule has 1 aliphatic rings. The number of nitrogens with zero attached hydrogens (tertiary/aromatic N) is 2. The van der Waals surface area contributed by atoms with Crippen LogP contribution in [0.3, 0.4) is 0 Å². The summed E-state index contributed by atoms with van der Waals surface area (Å²) in [6.45, 7) is 8.18. The van der Waals surface area contributed by atoms with Crippen molar-refractivity contribution >= 4 is 6.03 Å². The summed E-state index contributed by atoms with van der Waals surface area (Å²) in [6, 6.07) is 8.57. The maximum absolute atomic E-state index is 11.8. The minimum atomic E-state index is 0.0474. The van der Waals surface area contributed by atoms with E-state index < -0.39 is 0 Å². The van der Waals surface area contributed by atoms with Gasteiger partial charge in [0.25, 0.3) is 0 Å². The third-order valence-electron chi connectivity index (χ3n) is 4.05. The molecule has 5 nitrogen and oxygen atoms in total. The summed E-state index contributed by atoms with van der Waals surface area (Å²) in [4.78, 5) is 16.1. The molecular weight excluding hydrogens is 266 g/mol. The second-order valence-corrected chi connectivity index (χ2v) is 5.31. The quantitative estimate of drug-likeness (QED) is 0.924. The molecular formula is C16H25N3O2. The summed E-state index contributed by atoms with van der Waals surface area (Å²) < 4.78 is 5.29. The molecule has 1 heterocycles. The fourth-order valence-electron chi connectivity index (χ4n) is 2.69. The highest BCUT2D eigenvalue weighted by Crippen LogP contribution is 2.24. The van der Waals surface area contributed by atoms with Gasteiger partial charge < -0.3 is 15.0 Å². The standard InChI is InChI=1S/C16H25N3O2/c1-4-17-16(20)19-10-8-18(9-11-19)13(2)14-6-5-7-15(12-14)21-3/h5-7,12-13H,4,8-11H2,1-3H3,(H,17,20)/t13-/m0/s1. The zero-order valence-electron chi connectivity index (χ0n) is 13.1. The van der Waals surface area contributed by atoms with Crippen molar-refractivity contribution in [2.24, 2.45) is 0 Å². The van der Waals surface area contributed by atoms with Crippen molar-refractivity contribution < 1.29 is 9.53 Å². The second kappa shape index (κ2) is 7.31. The highest BCUT2D eigenvalue weighted by atomic mass is 16.5. The van der Waals surface area contributed by atoms with Crippen LogP contribution in [0.2, 0.25) is 0 Å². The number of urea groups is 1. The molecule has 0 bridgehead atoms. The Bertz CT molecular complexity index is 470. The summed E-state index contributed by atoms with van der Waals surface area (Å²) in [5, 5.41) is 2.86. The molecule has 1 aromatic carbocycles. The Kier molecular flexibility index (Phi) is 5.44. The van der Waals surface area contributed by atoms with Gasteiger partial charge in [-0.1, -0.05) is 12.1 Å². The third-order valence-corrected chi connectivity index (χ3v) is 4.05. The van der Waals surface area contributed by atoms with Crippen LogP contribution in [-0.2, 0) is 0 Å². The Balaban J connectivity index is 1.93. The van der Waals surface area contributed by atoms with Gasteiger partial charge in [-0.25, -0.2) is 4.79 Å². The lowest BCUT2D eigenvalue weighted by Gasteiger charge is -2.38.